The zero-order chi connectivity index (χ0) is 12.4. The van der Waals surface area contributed by atoms with Crippen molar-refractivity contribution in [3.8, 4) is 16.3 Å². The second kappa shape index (κ2) is 5.10. The van der Waals surface area contributed by atoms with E-state index < -0.39 is 0 Å². The number of aromatic nitrogens is 1. The van der Waals surface area contributed by atoms with Crippen molar-refractivity contribution < 1.29 is 4.74 Å². The van der Waals surface area contributed by atoms with Crippen molar-refractivity contribution in [2.45, 2.75) is 19.6 Å². The standard InChI is InChI=1S/C13H15NOS2/c1-8-4-5-11(15-3)10(6-8)13-14-9(2)12(7-16)17-13/h4-6,16H,7H2,1-3H3. The van der Waals surface area contributed by atoms with Crippen molar-refractivity contribution in [1.29, 1.82) is 0 Å². The number of rotatable bonds is 3. The molecule has 0 spiro atoms. The van der Waals surface area contributed by atoms with Crippen molar-refractivity contribution in [2.24, 2.45) is 0 Å². The van der Waals surface area contributed by atoms with Crippen LogP contribution in [-0.2, 0) is 5.75 Å². The number of nitrogens with zero attached hydrogens (tertiary/aromatic N) is 1. The molecule has 1 heterocycles. The van der Waals surface area contributed by atoms with Gasteiger partial charge in [0, 0.05) is 10.6 Å². The molecule has 2 rings (SSSR count). The summed E-state index contributed by atoms with van der Waals surface area (Å²) in [6.45, 7) is 4.09. The Morgan fingerprint density at radius 1 is 1.35 bits per heavy atom. The zero-order valence-electron chi connectivity index (χ0n) is 10.2. The Bertz CT molecular complexity index is 534. The zero-order valence-corrected chi connectivity index (χ0v) is 11.9. The fourth-order valence-electron chi connectivity index (χ4n) is 1.68. The highest BCUT2D eigenvalue weighted by atomic mass is 32.1. The first-order chi connectivity index (χ1) is 8.15. The molecule has 0 amide bonds. The molecule has 1 aromatic carbocycles. The topological polar surface area (TPSA) is 22.1 Å². The van der Waals surface area contributed by atoms with Crippen LogP contribution in [0.4, 0.5) is 0 Å². The Balaban J connectivity index is 2.54. The Kier molecular flexibility index (Phi) is 3.74. The third-order valence-corrected chi connectivity index (χ3v) is 4.34. The summed E-state index contributed by atoms with van der Waals surface area (Å²) in [5.41, 5.74) is 3.33. The number of hydrogen-bond acceptors (Lipinski definition) is 4. The fraction of sp³-hybridized carbons (Fsp3) is 0.308. The molecule has 0 atom stereocenters. The van der Waals surface area contributed by atoms with E-state index in [4.69, 9.17) is 4.74 Å². The van der Waals surface area contributed by atoms with Gasteiger partial charge in [-0.15, -0.1) is 11.3 Å². The van der Waals surface area contributed by atoms with E-state index in [2.05, 4.69) is 30.6 Å². The van der Waals surface area contributed by atoms with E-state index in [1.165, 1.54) is 10.4 Å². The predicted octanol–water partition coefficient (Wildman–Crippen LogP) is 3.87. The summed E-state index contributed by atoms with van der Waals surface area (Å²) in [6.07, 6.45) is 0. The van der Waals surface area contributed by atoms with E-state index in [0.717, 1.165) is 27.8 Å². The molecule has 90 valence electrons. The van der Waals surface area contributed by atoms with E-state index in [9.17, 15) is 0 Å². The van der Waals surface area contributed by atoms with Crippen LogP contribution in [0, 0.1) is 13.8 Å². The molecule has 0 fully saturated rings. The average Bonchev–Trinajstić information content (AvgIpc) is 2.70. The smallest absolute Gasteiger partial charge is 0.129 e. The number of thiol groups is 1. The molecule has 0 N–H and O–H groups in total. The monoisotopic (exact) mass is 265 g/mol. The van der Waals surface area contributed by atoms with Crippen LogP contribution in [-0.4, -0.2) is 12.1 Å². The maximum Gasteiger partial charge on any atom is 0.129 e. The molecule has 2 nitrogen and oxygen atoms in total. The lowest BCUT2D eigenvalue weighted by Gasteiger charge is -2.06. The van der Waals surface area contributed by atoms with Gasteiger partial charge in [-0.05, 0) is 26.0 Å². The van der Waals surface area contributed by atoms with Gasteiger partial charge in [0.1, 0.15) is 10.8 Å². The van der Waals surface area contributed by atoms with Crippen LogP contribution in [0.15, 0.2) is 18.2 Å². The van der Waals surface area contributed by atoms with E-state index in [0.29, 0.717) is 0 Å². The van der Waals surface area contributed by atoms with Gasteiger partial charge in [0.2, 0.25) is 0 Å². The van der Waals surface area contributed by atoms with Gasteiger partial charge in [-0.25, -0.2) is 4.98 Å². The molecule has 0 aliphatic heterocycles. The number of benzene rings is 1. The van der Waals surface area contributed by atoms with Crippen molar-refractivity contribution in [3.05, 3.63) is 34.3 Å². The third kappa shape index (κ3) is 2.48. The van der Waals surface area contributed by atoms with Gasteiger partial charge in [-0.3, -0.25) is 0 Å². The summed E-state index contributed by atoms with van der Waals surface area (Å²) in [5, 5.41) is 1.01. The van der Waals surface area contributed by atoms with Gasteiger partial charge >= 0.3 is 0 Å². The van der Waals surface area contributed by atoms with Gasteiger partial charge in [0.05, 0.1) is 18.4 Å². The van der Waals surface area contributed by atoms with Gasteiger partial charge in [-0.1, -0.05) is 11.6 Å². The van der Waals surface area contributed by atoms with Crippen molar-refractivity contribution in [1.82, 2.24) is 4.98 Å². The van der Waals surface area contributed by atoms with E-state index in [-0.39, 0.29) is 0 Å². The van der Waals surface area contributed by atoms with Crippen LogP contribution in [0.5, 0.6) is 5.75 Å². The summed E-state index contributed by atoms with van der Waals surface area (Å²) in [4.78, 5) is 5.81. The van der Waals surface area contributed by atoms with Crippen molar-refractivity contribution >= 4 is 24.0 Å². The first kappa shape index (κ1) is 12.5. The van der Waals surface area contributed by atoms with Crippen LogP contribution in [0.3, 0.4) is 0 Å². The molecule has 1 aromatic heterocycles. The lowest BCUT2D eigenvalue weighted by Crippen LogP contribution is -1.88. The minimum absolute atomic E-state index is 0.734. The quantitative estimate of drug-likeness (QED) is 0.851. The number of ether oxygens (including phenoxy) is 1. The van der Waals surface area contributed by atoms with Gasteiger partial charge in [0.15, 0.2) is 0 Å². The summed E-state index contributed by atoms with van der Waals surface area (Å²) in [7, 11) is 1.69. The Labute approximate surface area is 111 Å². The molecule has 0 bridgehead atoms. The highest BCUT2D eigenvalue weighted by Gasteiger charge is 2.12. The molecule has 0 unspecified atom stereocenters. The van der Waals surface area contributed by atoms with E-state index in [1.54, 1.807) is 18.4 Å². The largest absolute Gasteiger partial charge is 0.496 e. The maximum atomic E-state index is 5.39. The Morgan fingerprint density at radius 3 is 2.71 bits per heavy atom. The lowest BCUT2D eigenvalue weighted by atomic mass is 10.1. The molecule has 0 aliphatic carbocycles. The molecular weight excluding hydrogens is 250 g/mol. The van der Waals surface area contributed by atoms with Gasteiger partial charge in [-0.2, -0.15) is 12.6 Å². The van der Waals surface area contributed by atoms with Crippen molar-refractivity contribution in [2.75, 3.05) is 7.11 Å². The fourth-order valence-corrected chi connectivity index (χ4v) is 3.04. The normalized spacial score (nSPS) is 10.6. The SMILES string of the molecule is COc1ccc(C)cc1-c1nc(C)c(CS)s1. The maximum absolute atomic E-state index is 5.39. The Morgan fingerprint density at radius 2 is 2.12 bits per heavy atom. The minimum Gasteiger partial charge on any atom is -0.496 e. The molecule has 17 heavy (non-hydrogen) atoms. The highest BCUT2D eigenvalue weighted by molar-refractivity contribution is 7.79. The third-order valence-electron chi connectivity index (χ3n) is 2.62. The molecule has 0 radical (unpaired) electrons. The van der Waals surface area contributed by atoms with Crippen LogP contribution < -0.4 is 4.74 Å². The minimum atomic E-state index is 0.734. The molecule has 0 aliphatic rings. The second-order valence-corrected chi connectivity index (χ2v) is 5.29. The van der Waals surface area contributed by atoms with Crippen molar-refractivity contribution in [3.63, 3.8) is 0 Å². The number of aryl methyl sites for hydroxylation is 2. The average molecular weight is 265 g/mol. The van der Waals surface area contributed by atoms with Crippen LogP contribution in [0.25, 0.3) is 10.6 Å². The summed E-state index contributed by atoms with van der Waals surface area (Å²) in [5.74, 6) is 1.60. The summed E-state index contributed by atoms with van der Waals surface area (Å²) in [6, 6.07) is 6.14. The first-order valence-electron chi connectivity index (χ1n) is 5.38. The summed E-state index contributed by atoms with van der Waals surface area (Å²) >= 11 is 6.00. The van der Waals surface area contributed by atoms with Crippen LogP contribution in [0.2, 0.25) is 0 Å². The molecule has 0 saturated carbocycles. The number of thiazole rings is 1. The number of hydrogen-bond donors (Lipinski definition) is 1. The lowest BCUT2D eigenvalue weighted by molar-refractivity contribution is 0.416. The van der Waals surface area contributed by atoms with Gasteiger partial charge < -0.3 is 4.74 Å². The predicted molar refractivity (Wildman–Crippen MR) is 76.3 cm³/mol. The first-order valence-corrected chi connectivity index (χ1v) is 6.82. The van der Waals surface area contributed by atoms with Crippen LogP contribution in [0.1, 0.15) is 16.1 Å². The van der Waals surface area contributed by atoms with Crippen LogP contribution >= 0.6 is 24.0 Å². The number of methoxy groups -OCH3 is 1. The van der Waals surface area contributed by atoms with E-state index >= 15 is 0 Å². The van der Waals surface area contributed by atoms with E-state index in [1.807, 2.05) is 19.1 Å². The molecule has 0 saturated heterocycles. The highest BCUT2D eigenvalue weighted by Crippen LogP contribution is 2.35. The molecular formula is C13H15NOS2. The second-order valence-electron chi connectivity index (χ2n) is 3.89. The molecule has 2 aromatic rings. The molecule has 4 heteroatoms. The Hall–Kier alpha value is -1.000. The summed E-state index contributed by atoms with van der Waals surface area (Å²) < 4.78 is 5.39. The van der Waals surface area contributed by atoms with Gasteiger partial charge in [0.25, 0.3) is 0 Å².